The Morgan fingerprint density at radius 2 is 1.85 bits per heavy atom. The van der Waals surface area contributed by atoms with Crippen LogP contribution in [0.15, 0.2) is 87.8 Å². The van der Waals surface area contributed by atoms with Crippen LogP contribution in [-0.2, 0) is 4.79 Å². The fourth-order valence-corrected chi connectivity index (χ4v) is 4.07. The van der Waals surface area contributed by atoms with E-state index < -0.39 is 0 Å². The Balaban J connectivity index is 1.58. The molecule has 0 aliphatic carbocycles. The molecule has 0 spiro atoms. The number of ether oxygens (including phenoxy) is 1. The van der Waals surface area contributed by atoms with Crippen molar-refractivity contribution in [2.75, 3.05) is 12.9 Å². The molecule has 0 fully saturated rings. The van der Waals surface area contributed by atoms with Crippen LogP contribution in [0.5, 0.6) is 5.75 Å². The Labute approximate surface area is 199 Å². The van der Waals surface area contributed by atoms with Gasteiger partial charge in [0.25, 0.3) is 11.5 Å². The molecule has 0 saturated carbocycles. The van der Waals surface area contributed by atoms with Crippen LogP contribution in [-0.4, -0.2) is 34.5 Å². The number of para-hydroxylation sites is 1. The lowest BCUT2D eigenvalue weighted by atomic mass is 10.2. The van der Waals surface area contributed by atoms with E-state index in [1.54, 1.807) is 61.7 Å². The van der Waals surface area contributed by atoms with Crippen molar-refractivity contribution < 1.29 is 9.53 Å². The van der Waals surface area contributed by atoms with Crippen molar-refractivity contribution in [2.24, 2.45) is 5.10 Å². The third-order valence-corrected chi connectivity index (χ3v) is 5.99. The number of aromatic nitrogens is 2. The summed E-state index contributed by atoms with van der Waals surface area (Å²) in [5, 5.41) is 5.38. The average Bonchev–Trinajstić information content (AvgIpc) is 2.84. The van der Waals surface area contributed by atoms with Crippen molar-refractivity contribution in [3.05, 3.63) is 93.7 Å². The second-order valence-corrected chi connectivity index (χ2v) is 8.20. The van der Waals surface area contributed by atoms with Gasteiger partial charge in [-0.15, -0.1) is 0 Å². The summed E-state index contributed by atoms with van der Waals surface area (Å²) in [4.78, 5) is 30.2. The van der Waals surface area contributed by atoms with Gasteiger partial charge in [-0.05, 0) is 42.5 Å². The molecule has 3 aromatic carbocycles. The zero-order chi connectivity index (χ0) is 23.2. The fraction of sp³-hybridized carbons (Fsp3) is 0.0833. The summed E-state index contributed by atoms with van der Waals surface area (Å²) in [6, 6.07) is 21.4. The quantitative estimate of drug-likeness (QED) is 0.185. The Bertz CT molecular complexity index is 1390. The van der Waals surface area contributed by atoms with Crippen LogP contribution in [0.4, 0.5) is 0 Å². The van der Waals surface area contributed by atoms with Crippen LogP contribution in [0.3, 0.4) is 0 Å². The Morgan fingerprint density at radius 3 is 2.61 bits per heavy atom. The first-order valence-corrected chi connectivity index (χ1v) is 11.3. The smallest absolute Gasteiger partial charge is 0.266 e. The van der Waals surface area contributed by atoms with E-state index in [-0.39, 0.29) is 17.2 Å². The summed E-state index contributed by atoms with van der Waals surface area (Å²) in [5.41, 5.74) is 4.13. The number of nitrogens with zero attached hydrogens (tertiary/aromatic N) is 3. The molecule has 1 N–H and O–H groups in total. The lowest BCUT2D eigenvalue weighted by Gasteiger charge is -2.13. The predicted octanol–water partition coefficient (Wildman–Crippen LogP) is 4.29. The molecule has 4 rings (SSSR count). The van der Waals surface area contributed by atoms with Crippen molar-refractivity contribution in [3.63, 3.8) is 0 Å². The van der Waals surface area contributed by atoms with Gasteiger partial charge in [0.05, 0.1) is 35.7 Å². The maximum atomic E-state index is 13.3. The molecule has 0 aliphatic rings. The van der Waals surface area contributed by atoms with Crippen LogP contribution in [0.25, 0.3) is 16.6 Å². The summed E-state index contributed by atoms with van der Waals surface area (Å²) >= 11 is 7.23. The third kappa shape index (κ3) is 5.24. The zero-order valence-corrected chi connectivity index (χ0v) is 19.1. The molecule has 0 saturated heterocycles. The number of amides is 1. The number of methoxy groups -OCH3 is 1. The van der Waals surface area contributed by atoms with Crippen LogP contribution in [0, 0.1) is 0 Å². The lowest BCUT2D eigenvalue weighted by Crippen LogP contribution is -2.24. The van der Waals surface area contributed by atoms with Crippen molar-refractivity contribution in [2.45, 2.75) is 5.16 Å². The average molecular weight is 479 g/mol. The van der Waals surface area contributed by atoms with E-state index in [1.807, 2.05) is 18.2 Å². The minimum Gasteiger partial charge on any atom is -0.497 e. The van der Waals surface area contributed by atoms with E-state index in [2.05, 4.69) is 15.5 Å². The number of nitrogens with one attached hydrogen (secondary N) is 1. The van der Waals surface area contributed by atoms with Gasteiger partial charge in [0.15, 0.2) is 5.16 Å². The van der Waals surface area contributed by atoms with Crippen LogP contribution < -0.4 is 15.7 Å². The topological polar surface area (TPSA) is 85.6 Å². The van der Waals surface area contributed by atoms with Crippen molar-refractivity contribution in [1.82, 2.24) is 15.0 Å². The summed E-state index contributed by atoms with van der Waals surface area (Å²) in [6.45, 7) is 0. The molecule has 4 aromatic rings. The Morgan fingerprint density at radius 1 is 1.12 bits per heavy atom. The SMILES string of the molecule is COc1ccc(-n2c(SCC(=O)NN=Cc3ccccc3Cl)nc3ccccc3c2=O)cc1. The van der Waals surface area contributed by atoms with Gasteiger partial charge in [0.1, 0.15) is 5.75 Å². The largest absolute Gasteiger partial charge is 0.497 e. The van der Waals surface area contributed by atoms with Gasteiger partial charge in [-0.1, -0.05) is 53.7 Å². The lowest BCUT2D eigenvalue weighted by molar-refractivity contribution is -0.118. The molecule has 1 heterocycles. The number of hydrogen-bond acceptors (Lipinski definition) is 6. The molecule has 33 heavy (non-hydrogen) atoms. The Hall–Kier alpha value is -3.62. The molecule has 166 valence electrons. The fourth-order valence-electron chi connectivity index (χ4n) is 3.08. The van der Waals surface area contributed by atoms with Crippen molar-refractivity contribution in [1.29, 1.82) is 0 Å². The van der Waals surface area contributed by atoms with E-state index in [1.165, 1.54) is 10.8 Å². The molecule has 1 aromatic heterocycles. The molecule has 0 aliphatic heterocycles. The monoisotopic (exact) mass is 478 g/mol. The molecule has 0 radical (unpaired) electrons. The van der Waals surface area contributed by atoms with Crippen molar-refractivity contribution >= 4 is 46.4 Å². The number of benzene rings is 3. The number of halogens is 1. The number of hydrogen-bond donors (Lipinski definition) is 1. The number of rotatable bonds is 7. The highest BCUT2D eigenvalue weighted by Gasteiger charge is 2.15. The summed E-state index contributed by atoms with van der Waals surface area (Å²) in [6.07, 6.45) is 1.48. The number of hydrazone groups is 1. The number of carbonyl (C=O) groups is 1. The van der Waals surface area contributed by atoms with E-state index >= 15 is 0 Å². The van der Waals surface area contributed by atoms with E-state index in [0.717, 1.165) is 11.8 Å². The van der Waals surface area contributed by atoms with Crippen LogP contribution in [0.1, 0.15) is 5.56 Å². The molecule has 9 heteroatoms. The number of fused-ring (bicyclic) bond motifs is 1. The van der Waals surface area contributed by atoms with Gasteiger partial charge in [0.2, 0.25) is 0 Å². The summed E-state index contributed by atoms with van der Waals surface area (Å²) < 4.78 is 6.70. The van der Waals surface area contributed by atoms with Crippen molar-refractivity contribution in [3.8, 4) is 11.4 Å². The highest BCUT2D eigenvalue weighted by Crippen LogP contribution is 2.22. The first-order valence-electron chi connectivity index (χ1n) is 9.92. The molecular weight excluding hydrogens is 460 g/mol. The molecule has 0 atom stereocenters. The second-order valence-electron chi connectivity index (χ2n) is 6.85. The van der Waals surface area contributed by atoms with Crippen LogP contribution >= 0.6 is 23.4 Å². The first kappa shape index (κ1) is 22.6. The van der Waals surface area contributed by atoms with Gasteiger partial charge < -0.3 is 4.74 Å². The summed E-state index contributed by atoms with van der Waals surface area (Å²) in [7, 11) is 1.58. The minimum atomic E-state index is -0.341. The van der Waals surface area contributed by atoms with E-state index in [4.69, 9.17) is 16.3 Å². The maximum Gasteiger partial charge on any atom is 0.266 e. The zero-order valence-electron chi connectivity index (χ0n) is 17.6. The van der Waals surface area contributed by atoms with Gasteiger partial charge in [-0.25, -0.2) is 10.4 Å². The molecular formula is C24H19ClN4O3S. The number of thioether (sulfide) groups is 1. The van der Waals surface area contributed by atoms with Gasteiger partial charge in [-0.3, -0.25) is 14.2 Å². The van der Waals surface area contributed by atoms with Crippen LogP contribution in [0.2, 0.25) is 5.02 Å². The normalized spacial score (nSPS) is 11.1. The molecule has 7 nitrogen and oxygen atoms in total. The predicted molar refractivity (Wildman–Crippen MR) is 132 cm³/mol. The van der Waals surface area contributed by atoms with Gasteiger partial charge in [-0.2, -0.15) is 5.10 Å². The first-order chi connectivity index (χ1) is 16.1. The number of carbonyl (C=O) groups excluding carboxylic acids is 1. The minimum absolute atomic E-state index is 0.0147. The Kier molecular flexibility index (Phi) is 7.07. The standard InChI is InChI=1S/C24H19ClN4O3S/c1-32-18-12-10-17(11-13-18)29-23(31)19-7-3-5-9-21(19)27-24(29)33-15-22(30)28-26-14-16-6-2-4-8-20(16)25/h2-14H,15H2,1H3,(H,28,30). The van der Waals surface area contributed by atoms with E-state index in [9.17, 15) is 9.59 Å². The molecule has 1 amide bonds. The second kappa shape index (κ2) is 10.3. The van der Waals surface area contributed by atoms with E-state index in [0.29, 0.717) is 38.1 Å². The molecule has 0 bridgehead atoms. The van der Waals surface area contributed by atoms with Gasteiger partial charge in [0, 0.05) is 10.6 Å². The van der Waals surface area contributed by atoms with Gasteiger partial charge >= 0.3 is 0 Å². The molecule has 0 unspecified atom stereocenters. The maximum absolute atomic E-state index is 13.3. The highest BCUT2D eigenvalue weighted by atomic mass is 35.5. The third-order valence-electron chi connectivity index (χ3n) is 4.71. The highest BCUT2D eigenvalue weighted by molar-refractivity contribution is 7.99. The summed E-state index contributed by atoms with van der Waals surface area (Å²) in [5.74, 6) is 0.346.